The van der Waals surface area contributed by atoms with E-state index < -0.39 is 12.0 Å². The Balaban J connectivity index is 2.12. The van der Waals surface area contributed by atoms with Crippen LogP contribution in [0.2, 0.25) is 0 Å². The van der Waals surface area contributed by atoms with E-state index in [1.807, 2.05) is 24.8 Å². The monoisotopic (exact) mass is 341 g/mol. The van der Waals surface area contributed by atoms with E-state index in [4.69, 9.17) is 0 Å². The zero-order valence-corrected chi connectivity index (χ0v) is 14.7. The number of halogens is 1. The summed E-state index contributed by atoms with van der Waals surface area (Å²) < 4.78 is 13.9. The summed E-state index contributed by atoms with van der Waals surface area (Å²) in [4.78, 5) is 13.8. The second-order valence-corrected chi connectivity index (χ2v) is 6.97. The van der Waals surface area contributed by atoms with Gasteiger partial charge in [0.05, 0.1) is 6.04 Å². The summed E-state index contributed by atoms with van der Waals surface area (Å²) in [5, 5.41) is 9.70. The first kappa shape index (κ1) is 17.6. The van der Waals surface area contributed by atoms with Crippen molar-refractivity contribution in [1.82, 2.24) is 4.90 Å². The van der Waals surface area contributed by atoms with E-state index in [0.29, 0.717) is 13.0 Å². The highest BCUT2D eigenvalue weighted by Crippen LogP contribution is 2.35. The van der Waals surface area contributed by atoms with E-state index in [9.17, 15) is 14.3 Å². The summed E-state index contributed by atoms with van der Waals surface area (Å²) in [5.74, 6) is -1.10. The molecule has 2 unspecified atom stereocenters. The lowest BCUT2D eigenvalue weighted by atomic mass is 9.90. The smallest absolute Gasteiger partial charge is 0.320 e. The molecular formula is C21H24FNO2. The molecule has 3 rings (SSSR count). The lowest BCUT2D eigenvalue weighted by Gasteiger charge is -2.40. The van der Waals surface area contributed by atoms with Crippen LogP contribution in [0.15, 0.2) is 42.5 Å². The standard InChI is InChI=1S/C21H24FNO2/c1-14-10-15(2)12-17(11-14)20(16-6-5-7-18(22)13-16)23-9-4-3-8-19(23)21(24)25/h5-7,10-13,19-20H,3-4,8-9H2,1-2H3,(H,24,25). The maximum absolute atomic E-state index is 13.9. The van der Waals surface area contributed by atoms with Crippen molar-refractivity contribution in [3.05, 3.63) is 70.5 Å². The molecule has 25 heavy (non-hydrogen) atoms. The third-order valence-corrected chi connectivity index (χ3v) is 4.89. The van der Waals surface area contributed by atoms with Crippen LogP contribution >= 0.6 is 0 Å². The molecule has 1 saturated heterocycles. The van der Waals surface area contributed by atoms with Gasteiger partial charge in [0.15, 0.2) is 0 Å². The van der Waals surface area contributed by atoms with Gasteiger partial charge >= 0.3 is 5.97 Å². The van der Waals surface area contributed by atoms with Crippen molar-refractivity contribution >= 4 is 5.97 Å². The van der Waals surface area contributed by atoms with Crippen molar-refractivity contribution in [3.63, 3.8) is 0 Å². The van der Waals surface area contributed by atoms with Gasteiger partial charge in [-0.05, 0) is 56.5 Å². The van der Waals surface area contributed by atoms with Crippen molar-refractivity contribution in [2.45, 2.75) is 45.2 Å². The van der Waals surface area contributed by atoms with Gasteiger partial charge in [-0.2, -0.15) is 0 Å². The van der Waals surface area contributed by atoms with Crippen molar-refractivity contribution in [2.24, 2.45) is 0 Å². The van der Waals surface area contributed by atoms with E-state index in [0.717, 1.165) is 35.1 Å². The van der Waals surface area contributed by atoms with E-state index >= 15 is 0 Å². The molecule has 2 atom stereocenters. The summed E-state index contributed by atoms with van der Waals surface area (Å²) >= 11 is 0. The Morgan fingerprint density at radius 2 is 1.84 bits per heavy atom. The molecule has 1 aliphatic heterocycles. The van der Waals surface area contributed by atoms with E-state index in [1.165, 1.54) is 12.1 Å². The zero-order chi connectivity index (χ0) is 18.0. The maximum Gasteiger partial charge on any atom is 0.320 e. The fourth-order valence-electron chi connectivity index (χ4n) is 3.95. The number of benzene rings is 2. The SMILES string of the molecule is Cc1cc(C)cc(C(c2cccc(F)c2)N2CCCCC2C(=O)O)c1. The largest absolute Gasteiger partial charge is 0.480 e. The number of carbonyl (C=O) groups is 1. The fraction of sp³-hybridized carbons (Fsp3) is 0.381. The molecular weight excluding hydrogens is 317 g/mol. The Morgan fingerprint density at radius 1 is 1.12 bits per heavy atom. The Bertz CT molecular complexity index is 754. The summed E-state index contributed by atoms with van der Waals surface area (Å²) in [6.07, 6.45) is 2.50. The average Bonchev–Trinajstić information content (AvgIpc) is 2.54. The highest BCUT2D eigenvalue weighted by molar-refractivity contribution is 5.73. The minimum Gasteiger partial charge on any atom is -0.480 e. The van der Waals surface area contributed by atoms with Crippen LogP contribution in [0.5, 0.6) is 0 Å². The first-order valence-corrected chi connectivity index (χ1v) is 8.78. The lowest BCUT2D eigenvalue weighted by molar-refractivity contribution is -0.145. The summed E-state index contributed by atoms with van der Waals surface area (Å²) in [5.41, 5.74) is 4.08. The van der Waals surface area contributed by atoms with Gasteiger partial charge in [0.2, 0.25) is 0 Å². The number of hydrogen-bond donors (Lipinski definition) is 1. The Morgan fingerprint density at radius 3 is 2.48 bits per heavy atom. The van der Waals surface area contributed by atoms with Crippen LogP contribution in [0, 0.1) is 19.7 Å². The third kappa shape index (κ3) is 3.90. The fourth-order valence-corrected chi connectivity index (χ4v) is 3.95. The van der Waals surface area contributed by atoms with Crippen molar-refractivity contribution in [3.8, 4) is 0 Å². The van der Waals surface area contributed by atoms with Crippen LogP contribution in [0.3, 0.4) is 0 Å². The Labute approximate surface area is 148 Å². The molecule has 0 saturated carbocycles. The number of carboxylic acids is 1. The van der Waals surface area contributed by atoms with E-state index in [1.54, 1.807) is 6.07 Å². The van der Waals surface area contributed by atoms with E-state index in [2.05, 4.69) is 18.2 Å². The van der Waals surface area contributed by atoms with Crippen LogP contribution in [0.25, 0.3) is 0 Å². The number of aryl methyl sites for hydroxylation is 2. The first-order chi connectivity index (χ1) is 12.0. The molecule has 0 aromatic heterocycles. The van der Waals surface area contributed by atoms with Crippen molar-refractivity contribution < 1.29 is 14.3 Å². The highest BCUT2D eigenvalue weighted by atomic mass is 19.1. The Kier molecular flexibility index (Phi) is 5.19. The van der Waals surface area contributed by atoms with Crippen LogP contribution < -0.4 is 0 Å². The Hall–Kier alpha value is -2.20. The molecule has 0 bridgehead atoms. The number of aliphatic carboxylic acids is 1. The molecule has 1 aliphatic rings. The van der Waals surface area contributed by atoms with Crippen molar-refractivity contribution in [1.29, 1.82) is 0 Å². The van der Waals surface area contributed by atoms with Gasteiger partial charge < -0.3 is 5.11 Å². The molecule has 1 fully saturated rings. The summed E-state index contributed by atoms with van der Waals surface area (Å²) in [7, 11) is 0. The van der Waals surface area contributed by atoms with Gasteiger partial charge in [-0.3, -0.25) is 9.69 Å². The van der Waals surface area contributed by atoms with Gasteiger partial charge in [0.1, 0.15) is 11.9 Å². The topological polar surface area (TPSA) is 40.5 Å². The van der Waals surface area contributed by atoms with Crippen LogP contribution in [-0.4, -0.2) is 28.6 Å². The second-order valence-electron chi connectivity index (χ2n) is 6.97. The van der Waals surface area contributed by atoms with Crippen LogP contribution in [-0.2, 0) is 4.79 Å². The lowest BCUT2D eigenvalue weighted by Crippen LogP contribution is -2.46. The van der Waals surface area contributed by atoms with E-state index in [-0.39, 0.29) is 11.9 Å². The quantitative estimate of drug-likeness (QED) is 0.892. The van der Waals surface area contributed by atoms with Gasteiger partial charge in [-0.1, -0.05) is 47.9 Å². The normalized spacial score (nSPS) is 19.6. The number of likely N-dealkylation sites (tertiary alicyclic amines) is 1. The number of piperidine rings is 1. The van der Waals surface area contributed by atoms with Crippen molar-refractivity contribution in [2.75, 3.05) is 6.54 Å². The molecule has 0 aliphatic carbocycles. The molecule has 132 valence electrons. The van der Waals surface area contributed by atoms with Gasteiger partial charge in [-0.25, -0.2) is 4.39 Å². The highest BCUT2D eigenvalue weighted by Gasteiger charge is 2.35. The summed E-state index contributed by atoms with van der Waals surface area (Å²) in [6, 6.07) is 12.0. The molecule has 0 radical (unpaired) electrons. The average molecular weight is 341 g/mol. The van der Waals surface area contributed by atoms with Gasteiger partial charge in [-0.15, -0.1) is 0 Å². The van der Waals surface area contributed by atoms with Gasteiger partial charge in [0, 0.05) is 0 Å². The molecule has 3 nitrogen and oxygen atoms in total. The number of hydrogen-bond acceptors (Lipinski definition) is 2. The molecule has 1 heterocycles. The predicted molar refractivity (Wildman–Crippen MR) is 96.1 cm³/mol. The second kappa shape index (κ2) is 7.36. The molecule has 1 N–H and O–H groups in total. The third-order valence-electron chi connectivity index (χ3n) is 4.89. The summed E-state index contributed by atoms with van der Waals surface area (Å²) in [6.45, 7) is 4.76. The molecule has 0 spiro atoms. The minimum atomic E-state index is -0.800. The number of nitrogens with zero attached hydrogens (tertiary/aromatic N) is 1. The zero-order valence-electron chi connectivity index (χ0n) is 14.7. The number of carboxylic acid groups (broad SMARTS) is 1. The van der Waals surface area contributed by atoms with Crippen LogP contribution in [0.4, 0.5) is 4.39 Å². The van der Waals surface area contributed by atoms with Crippen LogP contribution in [0.1, 0.15) is 47.6 Å². The molecule has 2 aromatic rings. The predicted octanol–water partition coefficient (Wildman–Crippen LogP) is 4.47. The first-order valence-electron chi connectivity index (χ1n) is 8.78. The number of rotatable bonds is 4. The maximum atomic E-state index is 13.9. The molecule has 0 amide bonds. The molecule has 4 heteroatoms. The molecule has 2 aromatic carbocycles. The van der Waals surface area contributed by atoms with Gasteiger partial charge in [0.25, 0.3) is 0 Å². The minimum absolute atomic E-state index is 0.254.